The van der Waals surface area contributed by atoms with Gasteiger partial charge >= 0.3 is 5.97 Å². The molecule has 50 heavy (non-hydrogen) atoms. The fourth-order valence-corrected chi connectivity index (χ4v) is 7.68. The molecule has 2 heterocycles. The minimum atomic E-state index is -1.78. The fourth-order valence-electron chi connectivity index (χ4n) is 7.68. The van der Waals surface area contributed by atoms with E-state index in [9.17, 15) is 24.9 Å². The first-order valence-electron chi connectivity index (χ1n) is 18.8. The Morgan fingerprint density at radius 3 is 2.34 bits per heavy atom. The van der Waals surface area contributed by atoms with E-state index >= 15 is 0 Å². The van der Waals surface area contributed by atoms with Crippen LogP contribution in [0.5, 0.6) is 0 Å². The number of rotatable bonds is 12. The van der Waals surface area contributed by atoms with Gasteiger partial charge in [0.25, 0.3) is 0 Å². The van der Waals surface area contributed by atoms with Gasteiger partial charge < -0.3 is 50.2 Å². The van der Waals surface area contributed by atoms with Crippen molar-refractivity contribution in [3.05, 3.63) is 0 Å². The zero-order chi connectivity index (χ0) is 38.1. The van der Waals surface area contributed by atoms with E-state index < -0.39 is 71.5 Å². The van der Waals surface area contributed by atoms with E-state index in [1.165, 1.54) is 13.8 Å². The smallest absolute Gasteiger partial charge is 0.316 e. The normalized spacial score (nSPS) is 40.5. The number of carbonyl (C=O) groups is 2. The monoisotopic (exact) mass is 717 g/mol. The van der Waals surface area contributed by atoms with E-state index in [-0.39, 0.29) is 30.5 Å². The molecule has 2 saturated heterocycles. The molecule has 2 rings (SSSR count). The number of nitrogens with one attached hydrogen (secondary N) is 1. The number of cyclic esters (lactones) is 1. The minimum absolute atomic E-state index is 0.0402. The molecule has 0 unspecified atom stereocenters. The Kier molecular flexibility index (Phi) is 17.7. The van der Waals surface area contributed by atoms with Gasteiger partial charge in [-0.05, 0) is 107 Å². The number of hydrogen-bond acceptors (Lipinski definition) is 13. The van der Waals surface area contributed by atoms with Gasteiger partial charge in [-0.15, -0.1) is 0 Å². The Labute approximate surface area is 301 Å². The third-order valence-electron chi connectivity index (χ3n) is 11.2. The summed E-state index contributed by atoms with van der Waals surface area (Å²) in [5.74, 6) is -3.35. The second-order valence-electron chi connectivity index (χ2n) is 15.9. The summed E-state index contributed by atoms with van der Waals surface area (Å²) in [6.45, 7) is 21.0. The van der Waals surface area contributed by atoms with Gasteiger partial charge in [0.05, 0.1) is 24.4 Å². The van der Waals surface area contributed by atoms with Crippen LogP contribution in [0.4, 0.5) is 0 Å². The molecule has 0 aliphatic carbocycles. The lowest BCUT2D eigenvalue weighted by atomic mass is 9.78. The lowest BCUT2D eigenvalue weighted by Crippen LogP contribution is -2.60. The van der Waals surface area contributed by atoms with E-state index in [2.05, 4.69) is 31.0 Å². The summed E-state index contributed by atoms with van der Waals surface area (Å²) >= 11 is 0. The number of aliphatic hydroxyl groups is 3. The van der Waals surface area contributed by atoms with Crippen LogP contribution in [-0.2, 0) is 28.5 Å². The molecular formula is C37H72N4O9. The third-order valence-corrected chi connectivity index (χ3v) is 11.2. The minimum Gasteiger partial charge on any atom is -0.459 e. The molecule has 0 aromatic rings. The molecule has 294 valence electrons. The number of nitrogens with two attached hydrogens (primary N) is 1. The second-order valence-corrected chi connectivity index (χ2v) is 15.9. The van der Waals surface area contributed by atoms with Crippen molar-refractivity contribution >= 4 is 11.8 Å². The summed E-state index contributed by atoms with van der Waals surface area (Å²) in [5, 5.41) is 38.0. The van der Waals surface area contributed by atoms with Gasteiger partial charge in [-0.2, -0.15) is 0 Å². The van der Waals surface area contributed by atoms with Crippen LogP contribution < -0.4 is 11.1 Å². The number of ketones is 1. The number of likely N-dealkylation sites (N-methyl/N-ethyl adjacent to an activating group) is 2. The summed E-state index contributed by atoms with van der Waals surface area (Å²) in [6, 6.07) is -0.584. The SMILES string of the molecule is CC[C@H]1OC(=O)[C@H](C)C(=O)[C@H](C)[C@@H](O[C@@H]2O[C@H](C)C[C@H](N(C)C(C)C)[C@H]2O)[C@](C)(OCCNCCCN)C[C@@H](C)CN(C)[C@H](C)[C@@H](O)[C@]1(C)O. The van der Waals surface area contributed by atoms with Gasteiger partial charge in [-0.1, -0.05) is 20.8 Å². The van der Waals surface area contributed by atoms with Gasteiger partial charge in [0, 0.05) is 37.1 Å². The molecule has 2 aliphatic heterocycles. The fraction of sp³-hybridized carbons (Fsp3) is 0.946. The standard InChI is InChI=1S/C37H72N4O9/c1-13-29-37(10,46)32(44)27(8)40(11)21-23(4)20-36(9,47-18-17-39-16-14-15-38)33(25(6)30(42)26(7)34(45)49-29)50-35-31(43)28(19-24(5)48-35)41(12)22(2)3/h22-29,31-33,35,39,43-44,46H,13-21,38H2,1-12H3/t23-,24-,25+,26-,27-,28+,29-,31-,32-,33-,35+,36-,37-/m1/s1. The zero-order valence-electron chi connectivity index (χ0n) is 33.1. The van der Waals surface area contributed by atoms with Crippen molar-refractivity contribution in [2.75, 3.05) is 46.9 Å². The Morgan fingerprint density at radius 2 is 1.76 bits per heavy atom. The topological polar surface area (TPSA) is 176 Å². The van der Waals surface area contributed by atoms with E-state index in [4.69, 9.17) is 24.7 Å². The Hall–Kier alpha value is -1.26. The van der Waals surface area contributed by atoms with Crippen molar-refractivity contribution in [1.29, 1.82) is 0 Å². The van der Waals surface area contributed by atoms with Crippen LogP contribution in [0.15, 0.2) is 0 Å². The average molecular weight is 717 g/mol. The third kappa shape index (κ3) is 11.4. The number of aliphatic hydroxyl groups excluding tert-OH is 2. The van der Waals surface area contributed by atoms with E-state index in [1.54, 1.807) is 13.8 Å². The molecule has 0 bridgehead atoms. The van der Waals surface area contributed by atoms with E-state index in [1.807, 2.05) is 39.8 Å². The summed E-state index contributed by atoms with van der Waals surface area (Å²) in [6.07, 6.45) is -3.45. The lowest BCUT2D eigenvalue weighted by molar-refractivity contribution is -0.299. The molecule has 0 amide bonds. The average Bonchev–Trinajstić information content (AvgIpc) is 3.05. The van der Waals surface area contributed by atoms with Crippen LogP contribution in [-0.4, -0.2) is 150 Å². The van der Waals surface area contributed by atoms with Gasteiger partial charge in [0.2, 0.25) is 0 Å². The van der Waals surface area contributed by atoms with Crippen molar-refractivity contribution in [3.8, 4) is 0 Å². The van der Waals surface area contributed by atoms with Crippen LogP contribution in [0.3, 0.4) is 0 Å². The van der Waals surface area contributed by atoms with Gasteiger partial charge in [-0.3, -0.25) is 14.5 Å². The van der Waals surface area contributed by atoms with Crippen molar-refractivity contribution in [2.45, 2.75) is 161 Å². The first-order chi connectivity index (χ1) is 23.2. The molecule has 13 heteroatoms. The molecule has 6 N–H and O–H groups in total. The summed E-state index contributed by atoms with van der Waals surface area (Å²) in [4.78, 5) is 32.0. The number of hydrogen-bond donors (Lipinski definition) is 5. The molecule has 0 aromatic heterocycles. The molecule has 13 nitrogen and oxygen atoms in total. The summed E-state index contributed by atoms with van der Waals surface area (Å²) in [5.41, 5.74) is 2.81. The molecule has 0 saturated carbocycles. The molecule has 0 radical (unpaired) electrons. The van der Waals surface area contributed by atoms with Crippen LogP contribution in [0.25, 0.3) is 0 Å². The maximum atomic E-state index is 14.3. The first-order valence-corrected chi connectivity index (χ1v) is 18.8. The Balaban J connectivity index is 2.66. The predicted molar refractivity (Wildman–Crippen MR) is 193 cm³/mol. The molecule has 2 fully saturated rings. The molecule has 0 spiro atoms. The number of ether oxygens (including phenoxy) is 4. The molecule has 0 aromatic carbocycles. The number of carbonyl (C=O) groups excluding carboxylic acids is 2. The van der Waals surface area contributed by atoms with Crippen molar-refractivity contribution < 1.29 is 43.9 Å². The van der Waals surface area contributed by atoms with E-state index in [0.29, 0.717) is 39.1 Å². The quantitative estimate of drug-likeness (QED) is 0.113. The maximum absolute atomic E-state index is 14.3. The van der Waals surface area contributed by atoms with Crippen LogP contribution in [0.1, 0.15) is 94.9 Å². The highest BCUT2D eigenvalue weighted by molar-refractivity contribution is 6.00. The molecule has 2 aliphatic rings. The first kappa shape index (κ1) is 44.9. The van der Waals surface area contributed by atoms with Crippen molar-refractivity contribution in [1.82, 2.24) is 15.1 Å². The predicted octanol–water partition coefficient (Wildman–Crippen LogP) is 1.93. The second kappa shape index (κ2) is 19.7. The highest BCUT2D eigenvalue weighted by Gasteiger charge is 2.51. The van der Waals surface area contributed by atoms with Crippen molar-refractivity contribution in [3.63, 3.8) is 0 Å². The maximum Gasteiger partial charge on any atom is 0.316 e. The highest BCUT2D eigenvalue weighted by Crippen LogP contribution is 2.37. The summed E-state index contributed by atoms with van der Waals surface area (Å²) in [7, 11) is 3.85. The summed E-state index contributed by atoms with van der Waals surface area (Å²) < 4.78 is 25.6. The Morgan fingerprint density at radius 1 is 1.12 bits per heavy atom. The van der Waals surface area contributed by atoms with Gasteiger partial charge in [0.1, 0.15) is 29.8 Å². The van der Waals surface area contributed by atoms with E-state index in [0.717, 1.165) is 13.0 Å². The van der Waals surface area contributed by atoms with Gasteiger partial charge in [-0.25, -0.2) is 0 Å². The number of nitrogens with zero attached hydrogens (tertiary/aromatic N) is 2. The zero-order valence-corrected chi connectivity index (χ0v) is 33.1. The largest absolute Gasteiger partial charge is 0.459 e. The van der Waals surface area contributed by atoms with Crippen LogP contribution >= 0.6 is 0 Å². The lowest BCUT2D eigenvalue weighted by Gasteiger charge is -2.48. The molecule has 13 atom stereocenters. The molecular weight excluding hydrogens is 644 g/mol. The van der Waals surface area contributed by atoms with Gasteiger partial charge in [0.15, 0.2) is 12.1 Å². The van der Waals surface area contributed by atoms with Crippen molar-refractivity contribution in [2.24, 2.45) is 23.5 Å². The highest BCUT2D eigenvalue weighted by atomic mass is 16.7. The van der Waals surface area contributed by atoms with Crippen LogP contribution in [0.2, 0.25) is 0 Å². The van der Waals surface area contributed by atoms with Crippen LogP contribution in [0, 0.1) is 17.8 Å². The number of Topliss-reactive ketones (excluding diaryl/α,β-unsaturated/α-hetero) is 1. The Bertz CT molecular complexity index is 1050. The number of esters is 1.